The van der Waals surface area contributed by atoms with Crippen LogP contribution in [0.4, 0.5) is 5.00 Å². The first-order valence-electron chi connectivity index (χ1n) is 9.37. The summed E-state index contributed by atoms with van der Waals surface area (Å²) in [6.45, 7) is 0.447. The van der Waals surface area contributed by atoms with Crippen LogP contribution >= 0.6 is 11.3 Å². The van der Waals surface area contributed by atoms with E-state index in [1.54, 1.807) is 23.5 Å². The Morgan fingerprint density at radius 1 is 1.07 bits per heavy atom. The lowest BCUT2D eigenvalue weighted by molar-refractivity contribution is 0.102. The lowest BCUT2D eigenvalue weighted by Crippen LogP contribution is -2.12. The van der Waals surface area contributed by atoms with E-state index in [-0.39, 0.29) is 5.91 Å². The Morgan fingerprint density at radius 2 is 1.82 bits per heavy atom. The Kier molecular flexibility index (Phi) is 5.41. The normalized spacial score (nSPS) is 12.7. The number of nitriles is 1. The largest absolute Gasteiger partial charge is 0.489 e. The van der Waals surface area contributed by atoms with Crippen molar-refractivity contribution in [3.05, 3.63) is 81.7 Å². The number of hydrogen-bond acceptors (Lipinski definition) is 4. The van der Waals surface area contributed by atoms with Gasteiger partial charge in [-0.2, -0.15) is 5.26 Å². The van der Waals surface area contributed by atoms with Gasteiger partial charge in [-0.1, -0.05) is 30.3 Å². The summed E-state index contributed by atoms with van der Waals surface area (Å²) in [6, 6.07) is 19.3. The predicted molar refractivity (Wildman–Crippen MR) is 111 cm³/mol. The van der Waals surface area contributed by atoms with Gasteiger partial charge >= 0.3 is 0 Å². The molecule has 28 heavy (non-hydrogen) atoms. The maximum Gasteiger partial charge on any atom is 0.256 e. The number of nitrogens with one attached hydrogen (secondary N) is 1. The number of nitrogens with zero attached hydrogens (tertiary/aromatic N) is 1. The van der Waals surface area contributed by atoms with Crippen LogP contribution in [0.15, 0.2) is 54.6 Å². The molecule has 0 unspecified atom stereocenters. The Balaban J connectivity index is 1.43. The minimum absolute atomic E-state index is 0.189. The lowest BCUT2D eigenvalue weighted by Gasteiger charge is -2.09. The zero-order chi connectivity index (χ0) is 19.3. The third-order valence-corrected chi connectivity index (χ3v) is 6.08. The Hall–Kier alpha value is -3.10. The molecule has 0 fully saturated rings. The molecule has 0 radical (unpaired) electrons. The third-order valence-electron chi connectivity index (χ3n) is 4.88. The molecule has 2 aromatic carbocycles. The van der Waals surface area contributed by atoms with Crippen molar-refractivity contribution in [3.63, 3.8) is 0 Å². The van der Waals surface area contributed by atoms with Gasteiger partial charge in [-0.05, 0) is 61.1 Å². The number of carbonyl (C=O) groups is 1. The van der Waals surface area contributed by atoms with Crippen molar-refractivity contribution in [2.24, 2.45) is 0 Å². The molecule has 1 amide bonds. The van der Waals surface area contributed by atoms with Crippen LogP contribution in [0.3, 0.4) is 0 Å². The molecule has 1 N–H and O–H groups in total. The second kappa shape index (κ2) is 8.28. The highest BCUT2D eigenvalue weighted by Crippen LogP contribution is 2.37. The van der Waals surface area contributed by atoms with Crippen molar-refractivity contribution < 1.29 is 9.53 Å². The number of ether oxygens (including phenoxy) is 1. The maximum absolute atomic E-state index is 12.6. The Morgan fingerprint density at radius 3 is 2.57 bits per heavy atom. The zero-order valence-corrected chi connectivity index (χ0v) is 16.2. The van der Waals surface area contributed by atoms with Gasteiger partial charge in [0, 0.05) is 10.4 Å². The van der Waals surface area contributed by atoms with E-state index < -0.39 is 0 Å². The highest BCUT2D eigenvalue weighted by atomic mass is 32.1. The molecule has 140 valence electrons. The number of aryl methyl sites for hydroxylation is 1. The molecule has 5 heteroatoms. The van der Waals surface area contributed by atoms with E-state index >= 15 is 0 Å². The number of hydrogen-bond donors (Lipinski definition) is 1. The van der Waals surface area contributed by atoms with Gasteiger partial charge in [-0.3, -0.25) is 4.79 Å². The van der Waals surface area contributed by atoms with E-state index in [4.69, 9.17) is 4.74 Å². The van der Waals surface area contributed by atoms with Gasteiger partial charge in [-0.15, -0.1) is 11.3 Å². The number of rotatable bonds is 5. The van der Waals surface area contributed by atoms with Crippen molar-refractivity contribution in [1.29, 1.82) is 5.26 Å². The summed E-state index contributed by atoms with van der Waals surface area (Å²) in [5.41, 5.74) is 3.33. The van der Waals surface area contributed by atoms with Gasteiger partial charge in [0.1, 0.15) is 23.4 Å². The average Bonchev–Trinajstić information content (AvgIpc) is 3.10. The van der Waals surface area contributed by atoms with Crippen molar-refractivity contribution in [2.75, 3.05) is 5.32 Å². The van der Waals surface area contributed by atoms with Gasteiger partial charge in [0.25, 0.3) is 5.91 Å². The van der Waals surface area contributed by atoms with Crippen LogP contribution in [0.25, 0.3) is 0 Å². The fourth-order valence-corrected chi connectivity index (χ4v) is 4.62. The fraction of sp³-hybridized carbons (Fsp3) is 0.217. The highest BCUT2D eigenvalue weighted by molar-refractivity contribution is 7.16. The molecule has 0 aliphatic heterocycles. The monoisotopic (exact) mass is 388 g/mol. The second-order valence-corrected chi connectivity index (χ2v) is 7.88. The molecule has 0 spiro atoms. The topological polar surface area (TPSA) is 62.1 Å². The van der Waals surface area contributed by atoms with Crippen molar-refractivity contribution in [2.45, 2.75) is 32.3 Å². The Labute approximate surface area is 168 Å². The molecule has 3 aromatic rings. The predicted octanol–water partition coefficient (Wildman–Crippen LogP) is 5.33. The minimum atomic E-state index is -0.189. The van der Waals surface area contributed by atoms with Crippen LogP contribution in [0.5, 0.6) is 5.75 Å². The average molecular weight is 388 g/mol. The van der Waals surface area contributed by atoms with Crippen molar-refractivity contribution in [1.82, 2.24) is 0 Å². The van der Waals surface area contributed by atoms with Crippen molar-refractivity contribution >= 4 is 22.2 Å². The van der Waals surface area contributed by atoms with E-state index in [1.807, 2.05) is 42.5 Å². The van der Waals surface area contributed by atoms with Crippen LogP contribution in [0.1, 0.15) is 44.8 Å². The molecule has 1 heterocycles. The van der Waals surface area contributed by atoms with Gasteiger partial charge in [0.15, 0.2) is 0 Å². The standard InChI is InChI=1S/C23H20N2O2S/c24-14-20-19-8-4-5-9-21(19)28-23(20)25-22(26)17-12-10-16(11-13-17)15-27-18-6-2-1-3-7-18/h1-3,6-7,10-13H,4-5,8-9,15H2,(H,25,26). The number of anilines is 1. The first-order chi connectivity index (χ1) is 13.7. The van der Waals surface area contributed by atoms with Gasteiger partial charge in [-0.25, -0.2) is 0 Å². The van der Waals surface area contributed by atoms with Gasteiger partial charge in [0.05, 0.1) is 5.56 Å². The fourth-order valence-electron chi connectivity index (χ4n) is 3.38. The van der Waals surface area contributed by atoms with Crippen LogP contribution in [0.2, 0.25) is 0 Å². The summed E-state index contributed by atoms with van der Waals surface area (Å²) in [7, 11) is 0. The quantitative estimate of drug-likeness (QED) is 0.642. The number of fused-ring (bicyclic) bond motifs is 1. The maximum atomic E-state index is 12.6. The molecular formula is C23H20N2O2S. The smallest absolute Gasteiger partial charge is 0.256 e. The second-order valence-electron chi connectivity index (χ2n) is 6.78. The molecule has 1 aromatic heterocycles. The number of benzene rings is 2. The molecule has 4 rings (SSSR count). The molecule has 1 aliphatic rings. The van der Waals surface area contributed by atoms with E-state index in [0.29, 0.717) is 22.7 Å². The number of thiophene rings is 1. The van der Waals surface area contributed by atoms with E-state index in [1.165, 1.54) is 4.88 Å². The molecule has 0 saturated heterocycles. The lowest BCUT2D eigenvalue weighted by atomic mass is 9.96. The summed E-state index contributed by atoms with van der Waals surface area (Å²) < 4.78 is 5.73. The summed E-state index contributed by atoms with van der Waals surface area (Å²) in [4.78, 5) is 13.9. The van der Waals surface area contributed by atoms with Gasteiger partial charge in [0.2, 0.25) is 0 Å². The number of para-hydroxylation sites is 1. The van der Waals surface area contributed by atoms with Crippen LogP contribution in [-0.4, -0.2) is 5.91 Å². The van der Waals surface area contributed by atoms with E-state index in [0.717, 1.165) is 42.6 Å². The molecule has 0 saturated carbocycles. The first kappa shape index (κ1) is 18.3. The zero-order valence-electron chi connectivity index (χ0n) is 15.4. The first-order valence-corrected chi connectivity index (χ1v) is 10.2. The summed E-state index contributed by atoms with van der Waals surface area (Å²) >= 11 is 1.54. The van der Waals surface area contributed by atoms with Crippen LogP contribution < -0.4 is 10.1 Å². The Bertz CT molecular complexity index is 1020. The molecule has 0 bridgehead atoms. The van der Waals surface area contributed by atoms with Crippen LogP contribution in [0, 0.1) is 11.3 Å². The summed E-state index contributed by atoms with van der Waals surface area (Å²) in [5, 5.41) is 13.1. The van der Waals surface area contributed by atoms with Crippen molar-refractivity contribution in [3.8, 4) is 11.8 Å². The summed E-state index contributed by atoms with van der Waals surface area (Å²) in [6.07, 6.45) is 4.19. The molecule has 1 aliphatic carbocycles. The highest BCUT2D eigenvalue weighted by Gasteiger charge is 2.22. The SMILES string of the molecule is N#Cc1c(NC(=O)c2ccc(COc3ccccc3)cc2)sc2c1CCCC2. The van der Waals surface area contributed by atoms with E-state index in [9.17, 15) is 10.1 Å². The molecule has 0 atom stereocenters. The van der Waals surface area contributed by atoms with Gasteiger partial charge < -0.3 is 10.1 Å². The third kappa shape index (κ3) is 3.92. The molecule has 4 nitrogen and oxygen atoms in total. The van der Waals surface area contributed by atoms with Crippen LogP contribution in [-0.2, 0) is 19.4 Å². The summed E-state index contributed by atoms with van der Waals surface area (Å²) in [5.74, 6) is 0.626. The number of carbonyl (C=O) groups excluding carboxylic acids is 1. The minimum Gasteiger partial charge on any atom is -0.489 e. The number of amides is 1. The molecular weight excluding hydrogens is 368 g/mol. The van der Waals surface area contributed by atoms with E-state index in [2.05, 4.69) is 11.4 Å².